The van der Waals surface area contributed by atoms with Crippen LogP contribution in [0.1, 0.15) is 70.7 Å². The van der Waals surface area contributed by atoms with Crippen molar-refractivity contribution in [3.05, 3.63) is 29.6 Å². The molecule has 0 aliphatic rings. The fourth-order valence-electron chi connectivity index (χ4n) is 2.50. The summed E-state index contributed by atoms with van der Waals surface area (Å²) >= 11 is 0. The summed E-state index contributed by atoms with van der Waals surface area (Å²) < 4.78 is 0. The van der Waals surface area contributed by atoms with Crippen LogP contribution in [-0.2, 0) is 12.7 Å². The maximum atomic E-state index is 4.88. The molecule has 0 aliphatic carbocycles. The van der Waals surface area contributed by atoms with Gasteiger partial charge in [-0.2, -0.15) is 0 Å². The van der Waals surface area contributed by atoms with E-state index in [0.717, 1.165) is 13.1 Å². The Labute approximate surface area is 139 Å². The summed E-state index contributed by atoms with van der Waals surface area (Å²) in [5, 5.41) is 3.49. The molecular weight excluding hydrogens is 287 g/mol. The molecule has 1 heterocycles. The normalized spacial score (nSPS) is 11.3. The summed E-state index contributed by atoms with van der Waals surface area (Å²) in [6, 6.07) is 6.57. The lowest BCUT2D eigenvalue weighted by Gasteiger charge is -2.17. The van der Waals surface area contributed by atoms with Crippen molar-refractivity contribution >= 4 is 7.92 Å². The predicted octanol–water partition coefficient (Wildman–Crippen LogP) is 5.55. The molecule has 3 heteroatoms. The van der Waals surface area contributed by atoms with Gasteiger partial charge in [0.1, 0.15) is 0 Å². The zero-order valence-corrected chi connectivity index (χ0v) is 15.8. The summed E-state index contributed by atoms with van der Waals surface area (Å²) in [6.07, 6.45) is 12.0. The van der Waals surface area contributed by atoms with Crippen LogP contribution in [0, 0.1) is 0 Å². The zero-order chi connectivity index (χ0) is 16.0. The summed E-state index contributed by atoms with van der Waals surface area (Å²) in [5.41, 5.74) is 2.52. The van der Waals surface area contributed by atoms with Crippen molar-refractivity contribution in [2.24, 2.45) is 0 Å². The van der Waals surface area contributed by atoms with Crippen molar-refractivity contribution in [1.29, 1.82) is 0 Å². The van der Waals surface area contributed by atoms with Crippen molar-refractivity contribution in [2.45, 2.75) is 72.0 Å². The molecule has 0 fully saturated rings. The van der Waals surface area contributed by atoms with E-state index in [0.29, 0.717) is 0 Å². The Morgan fingerprint density at radius 3 is 2.18 bits per heavy atom. The predicted molar refractivity (Wildman–Crippen MR) is 101 cm³/mol. The lowest BCUT2D eigenvalue weighted by atomic mass is 10.3. The van der Waals surface area contributed by atoms with Crippen molar-refractivity contribution in [2.75, 3.05) is 18.9 Å². The van der Waals surface area contributed by atoms with Crippen molar-refractivity contribution in [3.63, 3.8) is 0 Å². The first-order chi connectivity index (χ1) is 10.8. The Morgan fingerprint density at radius 1 is 0.909 bits per heavy atom. The van der Waals surface area contributed by atoms with Crippen LogP contribution in [-0.4, -0.2) is 23.9 Å². The van der Waals surface area contributed by atoms with Crippen LogP contribution >= 0.6 is 7.92 Å². The lowest BCUT2D eigenvalue weighted by Crippen LogP contribution is -2.15. The van der Waals surface area contributed by atoms with Crippen molar-refractivity contribution < 1.29 is 0 Å². The molecule has 0 radical (unpaired) electrons. The van der Waals surface area contributed by atoms with Gasteiger partial charge in [-0.05, 0) is 50.3 Å². The molecule has 0 saturated heterocycles. The zero-order valence-electron chi connectivity index (χ0n) is 14.9. The van der Waals surface area contributed by atoms with Gasteiger partial charge in [-0.15, -0.1) is 7.92 Å². The van der Waals surface area contributed by atoms with Crippen LogP contribution in [0.3, 0.4) is 0 Å². The van der Waals surface area contributed by atoms with Crippen LogP contribution in [0.2, 0.25) is 0 Å². The third kappa shape index (κ3) is 8.86. The van der Waals surface area contributed by atoms with E-state index in [1.54, 1.807) is 0 Å². The number of hydrogen-bond acceptors (Lipinski definition) is 2. The fourth-order valence-corrected chi connectivity index (χ4v) is 5.20. The number of pyridine rings is 1. The minimum atomic E-state index is 0.137. The van der Waals surface area contributed by atoms with Gasteiger partial charge in [0.2, 0.25) is 0 Å². The quantitative estimate of drug-likeness (QED) is 0.380. The Bertz CT molecular complexity index is 373. The van der Waals surface area contributed by atoms with Gasteiger partial charge in [0, 0.05) is 18.4 Å². The number of nitrogens with zero attached hydrogens (tertiary/aromatic N) is 1. The van der Waals surface area contributed by atoms with Crippen LogP contribution in [0.4, 0.5) is 0 Å². The fraction of sp³-hybridized carbons (Fsp3) is 0.737. The number of hydrogen-bond donors (Lipinski definition) is 1. The maximum absolute atomic E-state index is 4.88. The van der Waals surface area contributed by atoms with Gasteiger partial charge in [0.25, 0.3) is 0 Å². The molecule has 1 N–H and O–H groups in total. The molecule has 0 bridgehead atoms. The molecule has 0 atom stereocenters. The highest BCUT2D eigenvalue weighted by Gasteiger charge is 2.09. The Hall–Kier alpha value is -0.460. The standard InChI is InChI=1S/C19H35N2P/c1-4-7-13-20-16-18-11-10-12-19(21-18)17-22(14-8-5-2)15-9-6-3/h10-12,20H,4-9,13-17H2,1-3H3. The third-order valence-corrected chi connectivity index (χ3v) is 6.59. The van der Waals surface area contributed by atoms with Crippen LogP contribution in [0.25, 0.3) is 0 Å². The van der Waals surface area contributed by atoms with Crippen LogP contribution < -0.4 is 5.32 Å². The van der Waals surface area contributed by atoms with Gasteiger partial charge in [-0.3, -0.25) is 4.98 Å². The first-order valence-electron chi connectivity index (χ1n) is 9.18. The molecule has 0 unspecified atom stereocenters. The van der Waals surface area contributed by atoms with Crippen molar-refractivity contribution in [1.82, 2.24) is 10.3 Å². The first-order valence-corrected chi connectivity index (χ1v) is 11.1. The van der Waals surface area contributed by atoms with Gasteiger partial charge >= 0.3 is 0 Å². The van der Waals surface area contributed by atoms with E-state index in [-0.39, 0.29) is 7.92 Å². The maximum Gasteiger partial charge on any atom is 0.0545 e. The van der Waals surface area contributed by atoms with Gasteiger partial charge in [0.05, 0.1) is 5.69 Å². The van der Waals surface area contributed by atoms with E-state index >= 15 is 0 Å². The summed E-state index contributed by atoms with van der Waals surface area (Å²) in [6.45, 7) is 8.84. The minimum absolute atomic E-state index is 0.137. The molecule has 0 aromatic carbocycles. The molecule has 1 rings (SSSR count). The van der Waals surface area contributed by atoms with Crippen molar-refractivity contribution in [3.8, 4) is 0 Å². The van der Waals surface area contributed by atoms with Gasteiger partial charge in [0.15, 0.2) is 0 Å². The highest BCUT2D eigenvalue weighted by Crippen LogP contribution is 2.41. The van der Waals surface area contributed by atoms with Gasteiger partial charge in [-0.25, -0.2) is 0 Å². The Morgan fingerprint density at radius 2 is 1.55 bits per heavy atom. The summed E-state index contributed by atoms with van der Waals surface area (Å²) in [4.78, 5) is 4.88. The van der Waals surface area contributed by atoms with Crippen LogP contribution in [0.15, 0.2) is 18.2 Å². The largest absolute Gasteiger partial charge is 0.311 e. The second-order valence-corrected chi connectivity index (χ2v) is 8.69. The van der Waals surface area contributed by atoms with Gasteiger partial charge in [-0.1, -0.05) is 46.1 Å². The average Bonchev–Trinajstić information content (AvgIpc) is 2.54. The summed E-state index contributed by atoms with van der Waals surface area (Å²) in [7, 11) is 0.137. The van der Waals surface area contributed by atoms with E-state index in [2.05, 4.69) is 44.3 Å². The Balaban J connectivity index is 2.50. The van der Waals surface area contributed by atoms with E-state index < -0.39 is 0 Å². The molecule has 2 nitrogen and oxygen atoms in total. The number of aromatic nitrogens is 1. The van der Waals surface area contributed by atoms with Gasteiger partial charge < -0.3 is 5.32 Å². The van der Waals surface area contributed by atoms with Crippen LogP contribution in [0.5, 0.6) is 0 Å². The molecule has 1 aromatic heterocycles. The molecule has 126 valence electrons. The SMILES string of the molecule is CCCCNCc1cccc(CP(CCCC)CCCC)n1. The summed E-state index contributed by atoms with van der Waals surface area (Å²) in [5.74, 6) is 0. The molecule has 22 heavy (non-hydrogen) atoms. The average molecular weight is 322 g/mol. The molecule has 0 spiro atoms. The molecule has 0 amide bonds. The number of unbranched alkanes of at least 4 members (excludes halogenated alkanes) is 3. The molecule has 0 aliphatic heterocycles. The van der Waals surface area contributed by atoms with E-state index in [1.165, 1.54) is 68.4 Å². The highest BCUT2D eigenvalue weighted by molar-refractivity contribution is 7.56. The minimum Gasteiger partial charge on any atom is -0.311 e. The molecular formula is C19H35N2P. The molecule has 1 aromatic rings. The van der Waals surface area contributed by atoms with E-state index in [9.17, 15) is 0 Å². The third-order valence-electron chi connectivity index (χ3n) is 3.92. The first kappa shape index (κ1) is 19.6. The van der Waals surface area contributed by atoms with E-state index in [4.69, 9.17) is 4.98 Å². The molecule has 0 saturated carbocycles. The highest BCUT2D eigenvalue weighted by atomic mass is 31.1. The Kier molecular flexibility index (Phi) is 11.6. The smallest absolute Gasteiger partial charge is 0.0545 e. The second-order valence-electron chi connectivity index (χ2n) is 6.13. The lowest BCUT2D eigenvalue weighted by molar-refractivity contribution is 0.632. The number of rotatable bonds is 13. The monoisotopic (exact) mass is 322 g/mol. The number of nitrogens with one attached hydrogen (secondary N) is 1. The topological polar surface area (TPSA) is 24.9 Å². The second kappa shape index (κ2) is 13.0. The van der Waals surface area contributed by atoms with E-state index in [1.807, 2.05) is 0 Å².